The number of halogens is 1. The van der Waals surface area contributed by atoms with E-state index in [1.807, 2.05) is 12.1 Å². The monoisotopic (exact) mass is 230 g/mol. The number of Topliss-reactive ketones (excluding diaryl/α,β-unsaturated/α-hetero) is 2. The first-order valence-electron chi connectivity index (χ1n) is 4.94. The molecule has 0 amide bonds. The summed E-state index contributed by atoms with van der Waals surface area (Å²) in [4.78, 5) is 23.7. The second-order valence-corrected chi connectivity index (χ2v) is 4.24. The Kier molecular flexibility index (Phi) is 1.88. The first kappa shape index (κ1) is 9.55. The number of carbonyl (C=O) groups is 2. The van der Waals surface area contributed by atoms with Gasteiger partial charge >= 0.3 is 0 Å². The van der Waals surface area contributed by atoms with E-state index >= 15 is 0 Å². The Morgan fingerprint density at radius 1 is 0.875 bits per heavy atom. The van der Waals surface area contributed by atoms with Crippen LogP contribution in [0.2, 0.25) is 0 Å². The summed E-state index contributed by atoms with van der Waals surface area (Å²) < 4.78 is 0. The third kappa shape index (κ3) is 1.08. The zero-order chi connectivity index (χ0) is 11.3. The number of hydrogen-bond donors (Lipinski definition) is 0. The lowest BCUT2D eigenvalue weighted by molar-refractivity contribution is 0.0896. The van der Waals surface area contributed by atoms with Crippen molar-refractivity contribution in [2.45, 2.75) is 5.38 Å². The van der Waals surface area contributed by atoms with Crippen LogP contribution in [0.3, 0.4) is 0 Å². The summed E-state index contributed by atoms with van der Waals surface area (Å²) in [5.41, 5.74) is 1.10. The minimum atomic E-state index is -1.07. The highest BCUT2D eigenvalue weighted by Crippen LogP contribution is 2.31. The zero-order valence-electron chi connectivity index (χ0n) is 8.24. The Hall–Kier alpha value is -1.67. The molecule has 0 aliphatic heterocycles. The van der Waals surface area contributed by atoms with Crippen molar-refractivity contribution >= 4 is 33.9 Å². The third-order valence-electron chi connectivity index (χ3n) is 2.90. The maximum atomic E-state index is 11.9. The maximum absolute atomic E-state index is 11.9. The van der Waals surface area contributed by atoms with E-state index < -0.39 is 5.38 Å². The molecule has 0 aromatic heterocycles. The van der Waals surface area contributed by atoms with Gasteiger partial charge < -0.3 is 0 Å². The van der Waals surface area contributed by atoms with E-state index in [9.17, 15) is 9.59 Å². The van der Waals surface area contributed by atoms with Crippen molar-refractivity contribution in [1.29, 1.82) is 0 Å². The molecule has 0 unspecified atom stereocenters. The molecular formula is C13H7ClO2. The van der Waals surface area contributed by atoms with Crippen molar-refractivity contribution in [1.82, 2.24) is 0 Å². The Balaban J connectivity index is 2.52. The molecule has 1 aliphatic rings. The summed E-state index contributed by atoms with van der Waals surface area (Å²) in [6.45, 7) is 0. The fraction of sp³-hybridized carbons (Fsp3) is 0.0769. The van der Waals surface area contributed by atoms with Crippen molar-refractivity contribution in [2.75, 3.05) is 0 Å². The molecule has 0 heterocycles. The number of alkyl halides is 1. The molecule has 1 aliphatic carbocycles. The van der Waals surface area contributed by atoms with E-state index in [0.717, 1.165) is 10.8 Å². The van der Waals surface area contributed by atoms with Crippen LogP contribution in [0, 0.1) is 0 Å². The van der Waals surface area contributed by atoms with E-state index in [1.165, 1.54) is 0 Å². The highest BCUT2D eigenvalue weighted by atomic mass is 35.5. The molecule has 3 heteroatoms. The predicted molar refractivity (Wildman–Crippen MR) is 62.3 cm³/mol. The molecule has 0 saturated heterocycles. The molecular weight excluding hydrogens is 224 g/mol. The second-order valence-electron chi connectivity index (χ2n) is 3.80. The lowest BCUT2D eigenvalue weighted by Crippen LogP contribution is -2.29. The van der Waals surface area contributed by atoms with Gasteiger partial charge in [0.15, 0.2) is 16.9 Å². The van der Waals surface area contributed by atoms with Crippen LogP contribution >= 0.6 is 11.6 Å². The number of ketones is 2. The summed E-state index contributed by atoms with van der Waals surface area (Å²) in [6.07, 6.45) is 0. The van der Waals surface area contributed by atoms with Crippen molar-refractivity contribution in [3.63, 3.8) is 0 Å². The standard InChI is InChI=1S/C13H7ClO2/c14-11-12(15)8-5-1-3-7-4-2-6-9(10(7)8)13(11)16/h1-6,11H. The average Bonchev–Trinajstić information content (AvgIpc) is 2.33. The number of benzene rings is 2. The molecule has 78 valence electrons. The number of rotatable bonds is 0. The summed E-state index contributed by atoms with van der Waals surface area (Å²) in [6, 6.07) is 10.8. The molecule has 0 N–H and O–H groups in total. The molecule has 0 spiro atoms. The van der Waals surface area contributed by atoms with E-state index in [-0.39, 0.29) is 11.6 Å². The molecule has 3 rings (SSSR count). The van der Waals surface area contributed by atoms with Crippen LogP contribution in [0.25, 0.3) is 10.8 Å². The fourth-order valence-corrected chi connectivity index (χ4v) is 2.38. The van der Waals surface area contributed by atoms with Crippen LogP contribution in [0.5, 0.6) is 0 Å². The van der Waals surface area contributed by atoms with Crippen LogP contribution in [0.15, 0.2) is 36.4 Å². The topological polar surface area (TPSA) is 34.1 Å². The summed E-state index contributed by atoms with van der Waals surface area (Å²) in [7, 11) is 0. The average molecular weight is 231 g/mol. The summed E-state index contributed by atoms with van der Waals surface area (Å²) in [5.74, 6) is -0.591. The van der Waals surface area contributed by atoms with E-state index in [1.54, 1.807) is 24.3 Å². The summed E-state index contributed by atoms with van der Waals surface area (Å²) >= 11 is 5.83. The largest absolute Gasteiger partial charge is 0.292 e. The zero-order valence-corrected chi connectivity index (χ0v) is 8.99. The van der Waals surface area contributed by atoms with Crippen LogP contribution in [-0.4, -0.2) is 16.9 Å². The Labute approximate surface area is 96.8 Å². The SMILES string of the molecule is O=C1c2cccc3cccc(c23)C(=O)C1Cl. The normalized spacial score (nSPS) is 15.8. The van der Waals surface area contributed by atoms with Crippen LogP contribution < -0.4 is 0 Å². The van der Waals surface area contributed by atoms with Gasteiger partial charge in [-0.15, -0.1) is 11.6 Å². The molecule has 0 saturated carbocycles. The molecule has 2 aromatic carbocycles. The molecule has 0 bridgehead atoms. The Morgan fingerprint density at radius 2 is 1.38 bits per heavy atom. The van der Waals surface area contributed by atoms with Crippen LogP contribution in [0.4, 0.5) is 0 Å². The lowest BCUT2D eigenvalue weighted by Gasteiger charge is -2.18. The van der Waals surface area contributed by atoms with Gasteiger partial charge in [0, 0.05) is 16.5 Å². The van der Waals surface area contributed by atoms with Crippen molar-refractivity contribution < 1.29 is 9.59 Å². The Morgan fingerprint density at radius 3 is 1.88 bits per heavy atom. The molecule has 2 nitrogen and oxygen atoms in total. The Bertz CT molecular complexity index is 580. The van der Waals surface area contributed by atoms with Crippen LogP contribution in [-0.2, 0) is 0 Å². The molecule has 0 atom stereocenters. The van der Waals surface area contributed by atoms with Gasteiger partial charge in [0.05, 0.1) is 0 Å². The van der Waals surface area contributed by atoms with Crippen molar-refractivity contribution in [3.05, 3.63) is 47.5 Å². The van der Waals surface area contributed by atoms with Crippen LogP contribution in [0.1, 0.15) is 20.7 Å². The third-order valence-corrected chi connectivity index (χ3v) is 3.29. The van der Waals surface area contributed by atoms with Gasteiger partial charge in [0.2, 0.25) is 0 Å². The second kappa shape index (κ2) is 3.16. The van der Waals surface area contributed by atoms with Gasteiger partial charge in [0.1, 0.15) is 0 Å². The molecule has 0 fully saturated rings. The van der Waals surface area contributed by atoms with E-state index in [0.29, 0.717) is 11.1 Å². The van der Waals surface area contributed by atoms with Gasteiger partial charge in [-0.2, -0.15) is 0 Å². The molecule has 16 heavy (non-hydrogen) atoms. The minimum absolute atomic E-state index is 0.295. The van der Waals surface area contributed by atoms with E-state index in [2.05, 4.69) is 0 Å². The number of carbonyl (C=O) groups excluding carboxylic acids is 2. The maximum Gasteiger partial charge on any atom is 0.189 e. The highest BCUT2D eigenvalue weighted by molar-refractivity contribution is 6.50. The molecule has 0 radical (unpaired) electrons. The smallest absolute Gasteiger partial charge is 0.189 e. The number of hydrogen-bond acceptors (Lipinski definition) is 2. The summed E-state index contributed by atoms with van der Waals surface area (Å²) in [5, 5.41) is 0.567. The van der Waals surface area contributed by atoms with E-state index in [4.69, 9.17) is 11.6 Å². The van der Waals surface area contributed by atoms with Gasteiger partial charge in [-0.05, 0) is 5.39 Å². The first-order valence-corrected chi connectivity index (χ1v) is 5.38. The lowest BCUT2D eigenvalue weighted by atomic mass is 9.87. The van der Waals surface area contributed by atoms with Crippen molar-refractivity contribution in [2.24, 2.45) is 0 Å². The predicted octanol–water partition coefficient (Wildman–Crippen LogP) is 2.83. The minimum Gasteiger partial charge on any atom is -0.292 e. The first-order chi connectivity index (χ1) is 7.70. The quantitative estimate of drug-likeness (QED) is 0.515. The van der Waals surface area contributed by atoms with Gasteiger partial charge in [-0.25, -0.2) is 0 Å². The van der Waals surface area contributed by atoms with Gasteiger partial charge in [-0.3, -0.25) is 9.59 Å². The highest BCUT2D eigenvalue weighted by Gasteiger charge is 2.33. The van der Waals surface area contributed by atoms with Crippen molar-refractivity contribution in [3.8, 4) is 0 Å². The van der Waals surface area contributed by atoms with Gasteiger partial charge in [-0.1, -0.05) is 36.4 Å². The fourth-order valence-electron chi connectivity index (χ4n) is 2.14. The molecule has 2 aromatic rings. The van der Waals surface area contributed by atoms with Gasteiger partial charge in [0.25, 0.3) is 0 Å².